The van der Waals surface area contributed by atoms with Crippen molar-refractivity contribution < 1.29 is 14.7 Å². The van der Waals surface area contributed by atoms with E-state index in [1.165, 1.54) is 0 Å². The molecule has 0 aromatic heterocycles. The molecule has 0 spiro atoms. The van der Waals surface area contributed by atoms with Gasteiger partial charge < -0.3 is 10.4 Å². The molecule has 0 rings (SSSR count). The Bertz CT molecular complexity index is 136. The maximum Gasteiger partial charge on any atom is 0.303 e. The molecule has 0 aliphatic carbocycles. The van der Waals surface area contributed by atoms with Crippen LogP contribution in [-0.2, 0) is 9.59 Å². The van der Waals surface area contributed by atoms with Crippen LogP contribution in [0.4, 0.5) is 0 Å². The minimum atomic E-state index is -0.823. The van der Waals surface area contributed by atoms with E-state index in [0.29, 0.717) is 12.8 Å². The molecule has 64 valence electrons. The fourth-order valence-electron chi connectivity index (χ4n) is 0.799. The van der Waals surface area contributed by atoms with Crippen LogP contribution in [0.5, 0.6) is 0 Å². The van der Waals surface area contributed by atoms with Crippen LogP contribution < -0.4 is 5.32 Å². The lowest BCUT2D eigenvalue weighted by Crippen LogP contribution is -2.27. The zero-order valence-corrected chi connectivity index (χ0v) is 6.54. The van der Waals surface area contributed by atoms with Crippen molar-refractivity contribution in [2.24, 2.45) is 0 Å². The number of carboxylic acids is 1. The lowest BCUT2D eigenvalue weighted by atomic mass is 10.1. The first-order valence-corrected chi connectivity index (χ1v) is 3.62. The number of nitrogens with one attached hydrogen (secondary N) is 1. The van der Waals surface area contributed by atoms with Crippen LogP contribution in [0.15, 0.2) is 0 Å². The summed E-state index contributed by atoms with van der Waals surface area (Å²) >= 11 is 0. The molecule has 0 radical (unpaired) electrons. The van der Waals surface area contributed by atoms with E-state index in [0.717, 1.165) is 6.42 Å². The number of aliphatic carboxylic acids is 1. The maximum absolute atomic E-state index is 10.1. The van der Waals surface area contributed by atoms with Crippen molar-refractivity contribution in [3.8, 4) is 0 Å². The predicted molar refractivity (Wildman–Crippen MR) is 40.1 cm³/mol. The number of amides is 1. The summed E-state index contributed by atoms with van der Waals surface area (Å²) in [5.41, 5.74) is 0. The monoisotopic (exact) mass is 159 g/mol. The van der Waals surface area contributed by atoms with Crippen LogP contribution in [0.1, 0.15) is 26.2 Å². The third-order valence-corrected chi connectivity index (χ3v) is 1.50. The molecule has 0 fully saturated rings. The van der Waals surface area contributed by atoms with Gasteiger partial charge in [0.15, 0.2) is 0 Å². The number of carbonyl (C=O) groups is 2. The van der Waals surface area contributed by atoms with Crippen LogP contribution in [0, 0.1) is 0 Å². The molecule has 0 aliphatic rings. The summed E-state index contributed by atoms with van der Waals surface area (Å²) in [5.74, 6) is -0.823. The second-order valence-corrected chi connectivity index (χ2v) is 2.32. The summed E-state index contributed by atoms with van der Waals surface area (Å²) in [6, 6.07) is 0.00333. The molecule has 1 unspecified atom stereocenters. The zero-order chi connectivity index (χ0) is 8.69. The molecule has 1 atom stereocenters. The van der Waals surface area contributed by atoms with Gasteiger partial charge in [-0.15, -0.1) is 0 Å². The molecule has 4 nitrogen and oxygen atoms in total. The van der Waals surface area contributed by atoms with Crippen molar-refractivity contribution in [1.82, 2.24) is 5.32 Å². The van der Waals surface area contributed by atoms with Crippen LogP contribution in [-0.4, -0.2) is 23.5 Å². The van der Waals surface area contributed by atoms with E-state index in [1.54, 1.807) is 0 Å². The molecular weight excluding hydrogens is 146 g/mol. The van der Waals surface area contributed by atoms with Crippen LogP contribution in [0.2, 0.25) is 0 Å². The Morgan fingerprint density at radius 1 is 1.73 bits per heavy atom. The Morgan fingerprint density at radius 3 is 2.73 bits per heavy atom. The third kappa shape index (κ3) is 5.39. The van der Waals surface area contributed by atoms with Crippen molar-refractivity contribution >= 4 is 12.4 Å². The van der Waals surface area contributed by atoms with Crippen molar-refractivity contribution in [3.63, 3.8) is 0 Å². The van der Waals surface area contributed by atoms with Gasteiger partial charge in [0.25, 0.3) is 0 Å². The van der Waals surface area contributed by atoms with Gasteiger partial charge >= 0.3 is 5.97 Å². The fourth-order valence-corrected chi connectivity index (χ4v) is 0.799. The highest BCUT2D eigenvalue weighted by molar-refractivity contribution is 5.66. The van der Waals surface area contributed by atoms with Gasteiger partial charge in [-0.3, -0.25) is 9.59 Å². The van der Waals surface area contributed by atoms with Crippen LogP contribution in [0.3, 0.4) is 0 Å². The average molecular weight is 159 g/mol. The van der Waals surface area contributed by atoms with Gasteiger partial charge in [-0.25, -0.2) is 0 Å². The van der Waals surface area contributed by atoms with E-state index in [9.17, 15) is 9.59 Å². The summed E-state index contributed by atoms with van der Waals surface area (Å²) in [4.78, 5) is 20.1. The molecule has 2 N–H and O–H groups in total. The Labute approximate surface area is 65.6 Å². The van der Waals surface area contributed by atoms with Gasteiger partial charge in [0.05, 0.1) is 0 Å². The average Bonchev–Trinajstić information content (AvgIpc) is 1.97. The van der Waals surface area contributed by atoms with E-state index >= 15 is 0 Å². The van der Waals surface area contributed by atoms with Crippen LogP contribution in [0.25, 0.3) is 0 Å². The second-order valence-electron chi connectivity index (χ2n) is 2.32. The van der Waals surface area contributed by atoms with Crippen molar-refractivity contribution in [2.75, 3.05) is 0 Å². The van der Waals surface area contributed by atoms with E-state index in [2.05, 4.69) is 5.32 Å². The normalized spacial score (nSPS) is 12.1. The van der Waals surface area contributed by atoms with Gasteiger partial charge in [0, 0.05) is 12.5 Å². The molecule has 0 aromatic carbocycles. The zero-order valence-electron chi connectivity index (χ0n) is 6.54. The van der Waals surface area contributed by atoms with Gasteiger partial charge in [-0.05, 0) is 12.8 Å². The largest absolute Gasteiger partial charge is 0.481 e. The van der Waals surface area contributed by atoms with Crippen LogP contribution >= 0.6 is 0 Å². The molecular formula is C7H13NO3. The SMILES string of the molecule is CCC(CCC(=O)O)NC=O. The summed E-state index contributed by atoms with van der Waals surface area (Å²) in [6.45, 7) is 1.91. The van der Waals surface area contributed by atoms with E-state index in [1.807, 2.05) is 6.92 Å². The molecule has 1 amide bonds. The first-order chi connectivity index (χ1) is 5.20. The number of hydrogen-bond acceptors (Lipinski definition) is 2. The molecule has 0 saturated heterocycles. The van der Waals surface area contributed by atoms with E-state index in [4.69, 9.17) is 5.11 Å². The first-order valence-electron chi connectivity index (χ1n) is 3.62. The molecule has 0 heterocycles. The highest BCUT2D eigenvalue weighted by Gasteiger charge is 2.06. The molecule has 0 aliphatic heterocycles. The number of carboxylic acid groups (broad SMARTS) is 1. The lowest BCUT2D eigenvalue weighted by Gasteiger charge is -2.10. The molecule has 4 heteroatoms. The number of carbonyl (C=O) groups excluding carboxylic acids is 1. The molecule has 11 heavy (non-hydrogen) atoms. The Balaban J connectivity index is 3.51. The minimum absolute atomic E-state index is 0.00333. The smallest absolute Gasteiger partial charge is 0.303 e. The molecule has 0 bridgehead atoms. The standard InChI is InChI=1S/C7H13NO3/c1-2-6(8-5-9)3-4-7(10)11/h5-6H,2-4H2,1H3,(H,8,9)(H,10,11). The minimum Gasteiger partial charge on any atom is -0.481 e. The van der Waals surface area contributed by atoms with Gasteiger partial charge in [0.1, 0.15) is 0 Å². The van der Waals surface area contributed by atoms with Gasteiger partial charge in [-0.1, -0.05) is 6.92 Å². The summed E-state index contributed by atoms with van der Waals surface area (Å²) < 4.78 is 0. The highest BCUT2D eigenvalue weighted by atomic mass is 16.4. The van der Waals surface area contributed by atoms with E-state index in [-0.39, 0.29) is 12.5 Å². The van der Waals surface area contributed by atoms with Gasteiger partial charge in [-0.2, -0.15) is 0 Å². The Hall–Kier alpha value is -1.06. The predicted octanol–water partition coefficient (Wildman–Crippen LogP) is 0.376. The quantitative estimate of drug-likeness (QED) is 0.550. The summed E-state index contributed by atoms with van der Waals surface area (Å²) in [7, 11) is 0. The third-order valence-electron chi connectivity index (χ3n) is 1.50. The Morgan fingerprint density at radius 2 is 2.36 bits per heavy atom. The first kappa shape index (κ1) is 9.94. The maximum atomic E-state index is 10.1. The van der Waals surface area contributed by atoms with Crippen molar-refractivity contribution in [3.05, 3.63) is 0 Å². The molecule has 0 aromatic rings. The summed E-state index contributed by atoms with van der Waals surface area (Å²) in [6.07, 6.45) is 1.99. The van der Waals surface area contributed by atoms with Gasteiger partial charge in [0.2, 0.25) is 6.41 Å². The molecule has 0 saturated carbocycles. The van der Waals surface area contributed by atoms with Crippen molar-refractivity contribution in [1.29, 1.82) is 0 Å². The topological polar surface area (TPSA) is 66.4 Å². The highest BCUT2D eigenvalue weighted by Crippen LogP contribution is 1.99. The number of rotatable bonds is 6. The summed E-state index contributed by atoms with van der Waals surface area (Å²) in [5, 5.41) is 10.9. The fraction of sp³-hybridized carbons (Fsp3) is 0.714. The lowest BCUT2D eigenvalue weighted by molar-refractivity contribution is -0.137. The second kappa shape index (κ2) is 5.70. The van der Waals surface area contributed by atoms with Crippen molar-refractivity contribution in [2.45, 2.75) is 32.2 Å². The number of hydrogen-bond donors (Lipinski definition) is 2. The Kier molecular flexibility index (Phi) is 5.15. The van der Waals surface area contributed by atoms with E-state index < -0.39 is 5.97 Å².